The lowest BCUT2D eigenvalue weighted by molar-refractivity contribution is 0.109. The van der Waals surface area contributed by atoms with Gasteiger partial charge < -0.3 is 14.6 Å². The summed E-state index contributed by atoms with van der Waals surface area (Å²) >= 11 is 0. The molecule has 1 N–H and O–H groups in total. The highest BCUT2D eigenvalue weighted by molar-refractivity contribution is 5.63. The number of hydrogen-bond acceptors (Lipinski definition) is 6. The average Bonchev–Trinajstić information content (AvgIpc) is 2.78. The second-order valence-electron chi connectivity index (χ2n) is 4.85. The third kappa shape index (κ3) is 2.16. The molecule has 1 aliphatic heterocycles. The Morgan fingerprint density at radius 2 is 2.10 bits per heavy atom. The summed E-state index contributed by atoms with van der Waals surface area (Å²) in [5, 5.41) is 7.27. The van der Waals surface area contributed by atoms with Gasteiger partial charge in [-0.05, 0) is 20.8 Å². The molecule has 0 unspecified atom stereocenters. The van der Waals surface area contributed by atoms with E-state index in [0.717, 1.165) is 47.1 Å². The third-order valence-corrected chi connectivity index (χ3v) is 3.42. The Morgan fingerprint density at radius 1 is 1.25 bits per heavy atom. The van der Waals surface area contributed by atoms with Gasteiger partial charge in [0, 0.05) is 18.5 Å². The van der Waals surface area contributed by atoms with Gasteiger partial charge in [-0.25, -0.2) is 9.97 Å². The summed E-state index contributed by atoms with van der Waals surface area (Å²) in [7, 11) is 0. The van der Waals surface area contributed by atoms with Gasteiger partial charge in [-0.3, -0.25) is 0 Å². The molecule has 3 heterocycles. The zero-order valence-corrected chi connectivity index (χ0v) is 12.0. The molecule has 3 rings (SSSR count). The molecule has 0 aromatic carbocycles. The predicted octanol–water partition coefficient (Wildman–Crippen LogP) is 2.25. The van der Waals surface area contributed by atoms with Crippen LogP contribution in [0.25, 0.3) is 11.4 Å². The number of nitrogens with one attached hydrogen (secondary N) is 1. The summed E-state index contributed by atoms with van der Waals surface area (Å²) in [6.07, 6.45) is 0.812. The number of rotatable bonds is 3. The van der Waals surface area contributed by atoms with Crippen LogP contribution >= 0.6 is 0 Å². The molecule has 0 fully saturated rings. The molecule has 6 nitrogen and oxygen atoms in total. The van der Waals surface area contributed by atoms with Crippen LogP contribution in [0.3, 0.4) is 0 Å². The lowest BCUT2D eigenvalue weighted by Crippen LogP contribution is -2.17. The number of hydrogen-bond donors (Lipinski definition) is 1. The van der Waals surface area contributed by atoms with E-state index in [2.05, 4.69) is 20.4 Å². The van der Waals surface area contributed by atoms with E-state index in [1.807, 2.05) is 20.8 Å². The van der Waals surface area contributed by atoms with Crippen LogP contribution < -0.4 is 5.32 Å². The molecular weight excluding hydrogens is 256 g/mol. The average molecular weight is 274 g/mol. The van der Waals surface area contributed by atoms with Crippen molar-refractivity contribution >= 4 is 5.82 Å². The molecule has 6 heteroatoms. The first-order valence-corrected chi connectivity index (χ1v) is 6.85. The minimum atomic E-state index is 0.569. The number of aromatic nitrogens is 3. The summed E-state index contributed by atoms with van der Waals surface area (Å²) in [6.45, 7) is 7.92. The fourth-order valence-corrected chi connectivity index (χ4v) is 2.46. The zero-order chi connectivity index (χ0) is 14.1. The van der Waals surface area contributed by atoms with E-state index in [9.17, 15) is 0 Å². The van der Waals surface area contributed by atoms with Crippen LogP contribution in [0, 0.1) is 13.8 Å². The lowest BCUT2D eigenvalue weighted by atomic mass is 10.1. The summed E-state index contributed by atoms with van der Waals surface area (Å²) in [6, 6.07) is 0. The van der Waals surface area contributed by atoms with Gasteiger partial charge in [0.15, 0.2) is 5.82 Å². The van der Waals surface area contributed by atoms with E-state index >= 15 is 0 Å². The maximum absolute atomic E-state index is 5.51. The van der Waals surface area contributed by atoms with Gasteiger partial charge in [0.05, 0.1) is 30.2 Å². The van der Waals surface area contributed by atoms with E-state index in [1.54, 1.807) is 0 Å². The molecular formula is C14H18N4O2. The number of ether oxygens (including phenoxy) is 1. The summed E-state index contributed by atoms with van der Waals surface area (Å²) in [4.78, 5) is 9.33. The summed E-state index contributed by atoms with van der Waals surface area (Å²) in [5.74, 6) is 2.28. The molecule has 20 heavy (non-hydrogen) atoms. The van der Waals surface area contributed by atoms with Gasteiger partial charge in [0.25, 0.3) is 0 Å². The normalized spacial score (nSPS) is 14.2. The van der Waals surface area contributed by atoms with Crippen molar-refractivity contribution in [2.75, 3.05) is 18.5 Å². The van der Waals surface area contributed by atoms with Crippen LogP contribution in [0.1, 0.15) is 29.6 Å². The van der Waals surface area contributed by atoms with Gasteiger partial charge in [0.1, 0.15) is 11.6 Å². The molecule has 0 amide bonds. The van der Waals surface area contributed by atoms with Crippen molar-refractivity contribution in [3.63, 3.8) is 0 Å². The summed E-state index contributed by atoms with van der Waals surface area (Å²) < 4.78 is 10.7. The van der Waals surface area contributed by atoms with Gasteiger partial charge in [-0.2, -0.15) is 0 Å². The Bertz CT molecular complexity index is 617. The van der Waals surface area contributed by atoms with Crippen LogP contribution in [0.15, 0.2) is 4.52 Å². The topological polar surface area (TPSA) is 73.1 Å². The molecule has 106 valence electrons. The monoisotopic (exact) mass is 274 g/mol. The van der Waals surface area contributed by atoms with E-state index in [-0.39, 0.29) is 0 Å². The van der Waals surface area contributed by atoms with E-state index < -0.39 is 0 Å². The molecule has 2 aromatic rings. The highest BCUT2D eigenvalue weighted by atomic mass is 16.5. The van der Waals surface area contributed by atoms with Crippen molar-refractivity contribution < 1.29 is 9.26 Å². The Morgan fingerprint density at radius 3 is 2.80 bits per heavy atom. The second-order valence-corrected chi connectivity index (χ2v) is 4.85. The first kappa shape index (κ1) is 13.1. The van der Waals surface area contributed by atoms with Gasteiger partial charge in [-0.1, -0.05) is 5.16 Å². The van der Waals surface area contributed by atoms with Crippen LogP contribution in [0.5, 0.6) is 0 Å². The Labute approximate surface area is 117 Å². The fraction of sp³-hybridized carbons (Fsp3) is 0.500. The number of aryl methyl sites for hydroxylation is 2. The van der Waals surface area contributed by atoms with E-state index in [0.29, 0.717) is 19.0 Å². The number of nitrogens with zero attached hydrogens (tertiary/aromatic N) is 3. The highest BCUT2D eigenvalue weighted by Gasteiger charge is 2.21. The molecule has 0 saturated carbocycles. The Balaban J connectivity index is 2.15. The standard InChI is InChI=1S/C14H18N4O2/c1-4-15-13-10-7-19-6-5-11(10)16-14(17-13)12-8(2)18-20-9(12)3/h4-7H2,1-3H3,(H,15,16,17). The van der Waals surface area contributed by atoms with Crippen LogP contribution in [-0.4, -0.2) is 28.3 Å². The van der Waals surface area contributed by atoms with Crippen LogP contribution in [-0.2, 0) is 17.8 Å². The van der Waals surface area contributed by atoms with Gasteiger partial charge >= 0.3 is 0 Å². The maximum atomic E-state index is 5.51. The van der Waals surface area contributed by atoms with Crippen molar-refractivity contribution in [2.24, 2.45) is 0 Å². The summed E-state index contributed by atoms with van der Waals surface area (Å²) in [5.41, 5.74) is 3.82. The quantitative estimate of drug-likeness (QED) is 0.925. The maximum Gasteiger partial charge on any atom is 0.167 e. The number of fused-ring (bicyclic) bond motifs is 1. The van der Waals surface area contributed by atoms with Crippen LogP contribution in [0.2, 0.25) is 0 Å². The fourth-order valence-electron chi connectivity index (χ4n) is 2.46. The van der Waals surface area contributed by atoms with Crippen molar-refractivity contribution in [3.8, 4) is 11.4 Å². The van der Waals surface area contributed by atoms with Gasteiger partial charge in [-0.15, -0.1) is 0 Å². The minimum absolute atomic E-state index is 0.569. The van der Waals surface area contributed by atoms with E-state index in [1.165, 1.54) is 0 Å². The predicted molar refractivity (Wildman–Crippen MR) is 74.5 cm³/mol. The largest absolute Gasteiger partial charge is 0.376 e. The molecule has 2 aromatic heterocycles. The molecule has 0 aliphatic carbocycles. The Hall–Kier alpha value is -1.95. The van der Waals surface area contributed by atoms with E-state index in [4.69, 9.17) is 9.26 Å². The van der Waals surface area contributed by atoms with Crippen LogP contribution in [0.4, 0.5) is 5.82 Å². The molecule has 0 bridgehead atoms. The first-order chi connectivity index (χ1) is 9.70. The second kappa shape index (κ2) is 5.20. The smallest absolute Gasteiger partial charge is 0.167 e. The molecule has 1 aliphatic rings. The lowest BCUT2D eigenvalue weighted by Gasteiger charge is -2.19. The SMILES string of the molecule is CCNc1nc(-c2c(C)noc2C)nc2c1COCC2. The number of anilines is 1. The molecule has 0 radical (unpaired) electrons. The molecule has 0 saturated heterocycles. The van der Waals surface area contributed by atoms with Crippen molar-refractivity contribution in [3.05, 3.63) is 22.7 Å². The van der Waals surface area contributed by atoms with Gasteiger partial charge in [0.2, 0.25) is 0 Å². The minimum Gasteiger partial charge on any atom is -0.376 e. The van der Waals surface area contributed by atoms with Crippen molar-refractivity contribution in [1.82, 2.24) is 15.1 Å². The first-order valence-electron chi connectivity index (χ1n) is 6.85. The Kier molecular flexibility index (Phi) is 3.40. The van der Waals surface area contributed by atoms with Crippen molar-refractivity contribution in [1.29, 1.82) is 0 Å². The third-order valence-electron chi connectivity index (χ3n) is 3.42. The molecule has 0 spiro atoms. The van der Waals surface area contributed by atoms with Crippen molar-refractivity contribution in [2.45, 2.75) is 33.8 Å². The zero-order valence-electron chi connectivity index (χ0n) is 12.0. The highest BCUT2D eigenvalue weighted by Crippen LogP contribution is 2.29. The molecule has 0 atom stereocenters.